The summed E-state index contributed by atoms with van der Waals surface area (Å²) in [6.45, 7) is 2.26. The van der Waals surface area contributed by atoms with Gasteiger partial charge in [0.05, 0.1) is 12.1 Å². The molecule has 0 bridgehead atoms. The van der Waals surface area contributed by atoms with Crippen LogP contribution < -0.4 is 5.32 Å². The first-order chi connectivity index (χ1) is 14.4. The Hall–Kier alpha value is -2.12. The number of nitrogens with zero attached hydrogens (tertiary/aromatic N) is 3. The molecular weight excluding hydrogens is 380 g/mol. The third-order valence-electron chi connectivity index (χ3n) is 7.14. The number of methoxy groups -OCH3 is 1. The largest absolute Gasteiger partial charge is 0.383 e. The van der Waals surface area contributed by atoms with Gasteiger partial charge in [0, 0.05) is 45.8 Å². The Morgan fingerprint density at radius 1 is 1.13 bits per heavy atom. The summed E-state index contributed by atoms with van der Waals surface area (Å²) in [6.07, 6.45) is 4.19. The Morgan fingerprint density at radius 3 is 2.37 bits per heavy atom. The number of carbonyl (C=O) groups is 2. The van der Waals surface area contributed by atoms with E-state index in [1.807, 2.05) is 9.80 Å². The highest BCUT2D eigenvalue weighted by molar-refractivity contribution is 5.80. The average molecular weight is 417 g/mol. The maximum Gasteiger partial charge on any atom is 0.320 e. The Bertz CT molecular complexity index is 729. The van der Waals surface area contributed by atoms with Crippen LogP contribution in [-0.2, 0) is 15.1 Å². The van der Waals surface area contributed by atoms with E-state index in [1.54, 1.807) is 14.2 Å². The van der Waals surface area contributed by atoms with Gasteiger partial charge in [0.25, 0.3) is 0 Å². The number of hydrogen-bond acceptors (Lipinski definition) is 4. The van der Waals surface area contributed by atoms with E-state index in [9.17, 15) is 9.59 Å². The van der Waals surface area contributed by atoms with Crippen molar-refractivity contribution in [3.05, 3.63) is 35.9 Å². The van der Waals surface area contributed by atoms with Crippen molar-refractivity contribution in [1.29, 1.82) is 0 Å². The van der Waals surface area contributed by atoms with Crippen LogP contribution >= 0.6 is 0 Å². The monoisotopic (exact) mass is 416 g/mol. The van der Waals surface area contributed by atoms with Gasteiger partial charge in [-0.25, -0.2) is 4.79 Å². The van der Waals surface area contributed by atoms with Gasteiger partial charge in [0.1, 0.15) is 0 Å². The molecule has 3 amide bonds. The lowest BCUT2D eigenvalue weighted by Gasteiger charge is -2.51. The van der Waals surface area contributed by atoms with Gasteiger partial charge >= 0.3 is 6.03 Å². The van der Waals surface area contributed by atoms with Crippen LogP contribution in [0.3, 0.4) is 0 Å². The van der Waals surface area contributed by atoms with Gasteiger partial charge in [-0.05, 0) is 45.3 Å². The first kappa shape index (κ1) is 22.6. The summed E-state index contributed by atoms with van der Waals surface area (Å²) >= 11 is 0. The molecule has 7 heteroatoms. The fourth-order valence-corrected chi connectivity index (χ4v) is 5.23. The molecule has 0 radical (unpaired) electrons. The summed E-state index contributed by atoms with van der Waals surface area (Å²) < 4.78 is 5.30. The molecule has 166 valence electrons. The minimum atomic E-state index is -0.188. The normalized spacial score (nSPS) is 26.6. The first-order valence-electron chi connectivity index (χ1n) is 10.9. The zero-order valence-electron chi connectivity index (χ0n) is 18.8. The maximum atomic E-state index is 13.2. The van der Waals surface area contributed by atoms with Crippen molar-refractivity contribution < 1.29 is 14.3 Å². The molecule has 30 heavy (non-hydrogen) atoms. The molecular formula is C23H36N4O3. The molecule has 0 unspecified atom stereocenters. The fraction of sp³-hybridized carbons (Fsp3) is 0.652. The minimum Gasteiger partial charge on any atom is -0.383 e. The van der Waals surface area contributed by atoms with Gasteiger partial charge in [-0.15, -0.1) is 0 Å². The summed E-state index contributed by atoms with van der Waals surface area (Å²) in [4.78, 5) is 31.1. The highest BCUT2D eigenvalue weighted by atomic mass is 16.5. The van der Waals surface area contributed by atoms with Crippen LogP contribution in [0.5, 0.6) is 0 Å². The number of hydrogen-bond donors (Lipinski definition) is 1. The minimum absolute atomic E-state index is 0.0159. The average Bonchev–Trinajstić information content (AvgIpc) is 3.02. The molecule has 1 aromatic carbocycles. The second-order valence-corrected chi connectivity index (χ2v) is 8.79. The van der Waals surface area contributed by atoms with Gasteiger partial charge in [0.2, 0.25) is 5.91 Å². The van der Waals surface area contributed by atoms with Crippen LogP contribution in [0, 0.1) is 0 Å². The lowest BCUT2D eigenvalue weighted by atomic mass is 9.68. The number of amides is 3. The number of nitrogens with one attached hydrogen (secondary N) is 1. The number of benzene rings is 1. The summed E-state index contributed by atoms with van der Waals surface area (Å²) in [6, 6.07) is 10.7. The molecule has 1 aromatic rings. The van der Waals surface area contributed by atoms with E-state index in [1.165, 1.54) is 5.56 Å². The quantitative estimate of drug-likeness (QED) is 0.706. The molecule has 1 saturated heterocycles. The second kappa shape index (κ2) is 9.35. The predicted molar refractivity (Wildman–Crippen MR) is 117 cm³/mol. The fourth-order valence-electron chi connectivity index (χ4n) is 5.23. The highest BCUT2D eigenvalue weighted by Crippen LogP contribution is 2.48. The molecule has 1 saturated carbocycles. The van der Waals surface area contributed by atoms with Crippen molar-refractivity contribution in [1.82, 2.24) is 20.0 Å². The van der Waals surface area contributed by atoms with E-state index in [0.717, 1.165) is 25.7 Å². The van der Waals surface area contributed by atoms with Crippen molar-refractivity contribution in [2.75, 3.05) is 54.5 Å². The number of carbonyl (C=O) groups excluding carboxylic acids is 2. The SMILES string of the molecule is CNC(=O)CCN1C[C@]2(CC[C@](c3ccccc3)(N(C)C)CC2)N(CCOC)C1=O. The van der Waals surface area contributed by atoms with Crippen LogP contribution in [0.1, 0.15) is 37.7 Å². The molecule has 0 aromatic heterocycles. The van der Waals surface area contributed by atoms with Crippen molar-refractivity contribution in [2.24, 2.45) is 0 Å². The van der Waals surface area contributed by atoms with Crippen molar-refractivity contribution in [3.63, 3.8) is 0 Å². The van der Waals surface area contributed by atoms with Gasteiger partial charge in [-0.2, -0.15) is 0 Å². The smallest absolute Gasteiger partial charge is 0.320 e. The summed E-state index contributed by atoms with van der Waals surface area (Å²) in [7, 11) is 7.61. The predicted octanol–water partition coefficient (Wildman–Crippen LogP) is 2.28. The van der Waals surface area contributed by atoms with Crippen molar-refractivity contribution >= 4 is 11.9 Å². The van der Waals surface area contributed by atoms with E-state index < -0.39 is 0 Å². The number of rotatable bonds is 8. The third kappa shape index (κ3) is 4.18. The van der Waals surface area contributed by atoms with Crippen LogP contribution in [0.4, 0.5) is 4.79 Å². The molecule has 3 rings (SSSR count). The van der Waals surface area contributed by atoms with E-state index in [0.29, 0.717) is 32.7 Å². The molecule has 0 atom stereocenters. The number of urea groups is 1. The highest BCUT2D eigenvalue weighted by Gasteiger charge is 2.54. The summed E-state index contributed by atoms with van der Waals surface area (Å²) in [5, 5.41) is 2.65. The van der Waals surface area contributed by atoms with Gasteiger partial charge in [-0.3, -0.25) is 9.69 Å². The van der Waals surface area contributed by atoms with Crippen LogP contribution in [0.25, 0.3) is 0 Å². The van der Waals surface area contributed by atoms with E-state index >= 15 is 0 Å². The first-order valence-corrected chi connectivity index (χ1v) is 10.9. The molecule has 7 nitrogen and oxygen atoms in total. The molecule has 1 aliphatic carbocycles. The zero-order chi connectivity index (χ0) is 21.8. The van der Waals surface area contributed by atoms with Gasteiger partial charge < -0.3 is 19.9 Å². The molecule has 1 N–H and O–H groups in total. The summed E-state index contributed by atoms with van der Waals surface area (Å²) in [5.41, 5.74) is 1.14. The lowest BCUT2D eigenvalue weighted by molar-refractivity contribution is -0.120. The molecule has 1 heterocycles. The number of ether oxygens (including phenoxy) is 1. The van der Waals surface area contributed by atoms with Gasteiger partial charge in [0.15, 0.2) is 0 Å². The van der Waals surface area contributed by atoms with E-state index in [-0.39, 0.29) is 23.0 Å². The Kier molecular flexibility index (Phi) is 7.03. The Morgan fingerprint density at radius 2 is 1.80 bits per heavy atom. The molecule has 1 spiro atoms. The molecule has 2 fully saturated rings. The molecule has 1 aliphatic heterocycles. The Balaban J connectivity index is 1.81. The molecule has 2 aliphatic rings. The Labute approximate surface area is 180 Å². The van der Waals surface area contributed by atoms with Crippen molar-refractivity contribution in [2.45, 2.75) is 43.2 Å². The second-order valence-electron chi connectivity index (χ2n) is 8.79. The van der Waals surface area contributed by atoms with Crippen LogP contribution in [0.15, 0.2) is 30.3 Å². The van der Waals surface area contributed by atoms with Crippen LogP contribution in [0.2, 0.25) is 0 Å². The zero-order valence-corrected chi connectivity index (χ0v) is 18.8. The standard InChI is InChI=1S/C23H36N4O3/c1-24-20(28)10-15-26-18-22(27(21(26)29)16-17-30-4)11-13-23(14-12-22,25(2)3)19-8-6-5-7-9-19/h5-9H,10-18H2,1-4H3,(H,24,28)/t22-,23+. The lowest BCUT2D eigenvalue weighted by Crippen LogP contribution is -2.56. The van der Waals surface area contributed by atoms with Crippen molar-refractivity contribution in [3.8, 4) is 0 Å². The summed E-state index contributed by atoms with van der Waals surface area (Å²) in [5.74, 6) is -0.0356. The van der Waals surface area contributed by atoms with E-state index in [4.69, 9.17) is 4.74 Å². The maximum absolute atomic E-state index is 13.2. The van der Waals surface area contributed by atoms with Gasteiger partial charge in [-0.1, -0.05) is 30.3 Å². The third-order valence-corrected chi connectivity index (χ3v) is 7.14. The topological polar surface area (TPSA) is 65.1 Å². The van der Waals surface area contributed by atoms with Crippen LogP contribution in [-0.4, -0.2) is 86.7 Å². The van der Waals surface area contributed by atoms with E-state index in [2.05, 4.69) is 54.6 Å².